The zero-order chi connectivity index (χ0) is 29.1. The highest BCUT2D eigenvalue weighted by Gasteiger charge is 2.57. The molecule has 0 N–H and O–H groups in total. The van der Waals surface area contributed by atoms with Crippen LogP contribution in [0.25, 0.3) is 0 Å². The van der Waals surface area contributed by atoms with Gasteiger partial charge in [-0.3, -0.25) is 4.79 Å². The van der Waals surface area contributed by atoms with Gasteiger partial charge in [-0.15, -0.1) is 0 Å². The van der Waals surface area contributed by atoms with Crippen molar-refractivity contribution >= 4 is 11.9 Å². The molecule has 2 heterocycles. The molecule has 41 heavy (non-hydrogen) atoms. The molecule has 0 radical (unpaired) electrons. The van der Waals surface area contributed by atoms with Crippen LogP contribution in [0.4, 0.5) is 0 Å². The van der Waals surface area contributed by atoms with Gasteiger partial charge >= 0.3 is 11.9 Å². The van der Waals surface area contributed by atoms with Crippen molar-refractivity contribution in [3.8, 4) is 5.75 Å². The number of carbonyl (C=O) groups excluding carboxylic acids is 2. The second kappa shape index (κ2) is 15.0. The van der Waals surface area contributed by atoms with Crippen molar-refractivity contribution in [2.24, 2.45) is 0 Å². The van der Waals surface area contributed by atoms with E-state index in [4.69, 9.17) is 18.9 Å². The Morgan fingerprint density at radius 3 is 2.10 bits per heavy atom. The van der Waals surface area contributed by atoms with Crippen LogP contribution in [0.2, 0.25) is 0 Å². The van der Waals surface area contributed by atoms with Crippen molar-refractivity contribution in [2.45, 2.75) is 127 Å². The molecular weight excluding hydrogens is 516 g/mol. The molecule has 0 saturated carbocycles. The van der Waals surface area contributed by atoms with Crippen molar-refractivity contribution in [3.05, 3.63) is 65.7 Å². The van der Waals surface area contributed by atoms with E-state index in [0.29, 0.717) is 12.2 Å². The fourth-order valence-electron chi connectivity index (χ4n) is 6.46. The highest BCUT2D eigenvalue weighted by molar-refractivity contribution is 5.78. The normalized spacial score (nSPS) is 24.2. The number of fused-ring (bicyclic) bond motifs is 1. The fraction of sp³-hybridized carbons (Fsp3) is 0.600. The lowest BCUT2D eigenvalue weighted by atomic mass is 9.87. The van der Waals surface area contributed by atoms with Gasteiger partial charge in [-0.1, -0.05) is 100 Å². The van der Waals surface area contributed by atoms with Gasteiger partial charge < -0.3 is 18.9 Å². The monoisotopic (exact) mass is 564 g/mol. The molecule has 224 valence electrons. The van der Waals surface area contributed by atoms with Crippen LogP contribution >= 0.6 is 0 Å². The summed E-state index contributed by atoms with van der Waals surface area (Å²) in [7, 11) is 1.52. The van der Waals surface area contributed by atoms with E-state index in [0.717, 1.165) is 24.8 Å². The molecule has 4 rings (SSSR count). The Bertz CT molecular complexity index is 1100. The molecule has 0 bridgehead atoms. The van der Waals surface area contributed by atoms with Gasteiger partial charge in [-0.05, 0) is 56.4 Å². The minimum Gasteiger partial charge on any atom is -0.456 e. The van der Waals surface area contributed by atoms with Crippen molar-refractivity contribution in [1.82, 2.24) is 0 Å². The largest absolute Gasteiger partial charge is 0.456 e. The molecule has 2 aromatic rings. The number of carbonyl (C=O) groups is 2. The van der Waals surface area contributed by atoms with E-state index in [1.54, 1.807) is 0 Å². The molecule has 4 atom stereocenters. The van der Waals surface area contributed by atoms with Crippen LogP contribution < -0.4 is 4.74 Å². The van der Waals surface area contributed by atoms with E-state index < -0.39 is 17.7 Å². The molecule has 6 heteroatoms. The summed E-state index contributed by atoms with van der Waals surface area (Å²) in [5.41, 5.74) is 1.49. The lowest BCUT2D eigenvalue weighted by molar-refractivity contribution is -0.148. The van der Waals surface area contributed by atoms with Gasteiger partial charge in [0, 0.05) is 13.5 Å². The van der Waals surface area contributed by atoms with Crippen LogP contribution in [0.5, 0.6) is 5.75 Å². The van der Waals surface area contributed by atoms with Gasteiger partial charge in [-0.2, -0.15) is 0 Å². The van der Waals surface area contributed by atoms with Gasteiger partial charge in [0.1, 0.15) is 17.5 Å². The van der Waals surface area contributed by atoms with Crippen LogP contribution in [0, 0.1) is 0 Å². The van der Waals surface area contributed by atoms with E-state index in [-0.39, 0.29) is 17.7 Å². The number of aryl methyl sites for hydroxylation is 1. The van der Waals surface area contributed by atoms with E-state index >= 15 is 0 Å². The average molecular weight is 565 g/mol. The first kappa shape index (κ1) is 31.2. The Kier molecular flexibility index (Phi) is 11.4. The summed E-state index contributed by atoms with van der Waals surface area (Å²) in [5.74, 6) is 0.0136. The molecule has 0 spiro atoms. The first-order valence-corrected chi connectivity index (χ1v) is 15.6. The summed E-state index contributed by atoms with van der Waals surface area (Å²) in [6.07, 6.45) is 15.2. The van der Waals surface area contributed by atoms with E-state index in [1.807, 2.05) is 61.5 Å². The SMILES string of the molecule is CO[C@H](C(=O)Oc1ccc(CCCCCCCCCCCC[C@@]2(C)C[C@]3(C)OC(=O)C[C@@H]3O2)cc1)c1ccccc1. The maximum atomic E-state index is 12.6. The highest BCUT2D eigenvalue weighted by atomic mass is 16.6. The molecule has 0 amide bonds. The van der Waals surface area contributed by atoms with Crippen LogP contribution in [0.1, 0.15) is 115 Å². The van der Waals surface area contributed by atoms with E-state index in [9.17, 15) is 9.59 Å². The van der Waals surface area contributed by atoms with Gasteiger partial charge in [-0.25, -0.2) is 4.79 Å². The van der Waals surface area contributed by atoms with Crippen LogP contribution in [-0.2, 0) is 30.2 Å². The maximum absolute atomic E-state index is 12.6. The third-order valence-electron chi connectivity index (χ3n) is 8.65. The number of benzene rings is 2. The number of hydrogen-bond donors (Lipinski definition) is 0. The van der Waals surface area contributed by atoms with Gasteiger partial charge in [0.2, 0.25) is 0 Å². The second-order valence-electron chi connectivity index (χ2n) is 12.4. The number of ether oxygens (including phenoxy) is 4. The van der Waals surface area contributed by atoms with Crippen molar-refractivity contribution in [2.75, 3.05) is 7.11 Å². The van der Waals surface area contributed by atoms with E-state index in [1.165, 1.54) is 76.9 Å². The molecular formula is C35H48O6. The molecule has 2 aromatic carbocycles. The predicted octanol–water partition coefficient (Wildman–Crippen LogP) is 8.07. The van der Waals surface area contributed by atoms with Crippen molar-refractivity contribution in [3.63, 3.8) is 0 Å². The average Bonchev–Trinajstić information content (AvgIpc) is 3.35. The minimum atomic E-state index is -0.731. The molecule has 2 aliphatic heterocycles. The number of hydrogen-bond acceptors (Lipinski definition) is 6. The topological polar surface area (TPSA) is 71.1 Å². The Balaban J connectivity index is 0.988. The standard InChI is InChI=1S/C35H48O6/c1-34(26-35(2)30(40-34)25-31(36)41-35)24-16-11-9-7-5-4-6-8-10-13-17-27-20-22-29(23-21-27)39-33(37)32(38-3)28-18-14-12-15-19-28/h12,14-15,18-23,30,32H,4-11,13,16-17,24-26H2,1-3H3/t30-,32-,34-,35-/m0/s1. The molecule has 0 unspecified atom stereocenters. The van der Waals surface area contributed by atoms with Crippen molar-refractivity contribution in [1.29, 1.82) is 0 Å². The van der Waals surface area contributed by atoms with Gasteiger partial charge in [0.25, 0.3) is 0 Å². The lowest BCUT2D eigenvalue weighted by Crippen LogP contribution is -2.31. The number of unbranched alkanes of at least 4 members (excludes halogenated alkanes) is 9. The first-order chi connectivity index (χ1) is 19.8. The molecule has 2 saturated heterocycles. The summed E-state index contributed by atoms with van der Waals surface area (Å²) >= 11 is 0. The third kappa shape index (κ3) is 9.14. The number of methoxy groups -OCH3 is 1. The summed E-state index contributed by atoms with van der Waals surface area (Å²) in [4.78, 5) is 24.1. The van der Waals surface area contributed by atoms with Crippen LogP contribution in [-0.4, -0.2) is 36.4 Å². The number of esters is 2. The number of rotatable bonds is 17. The molecule has 0 aromatic heterocycles. The van der Waals surface area contributed by atoms with Crippen molar-refractivity contribution < 1.29 is 28.5 Å². The molecule has 2 aliphatic rings. The second-order valence-corrected chi connectivity index (χ2v) is 12.4. The first-order valence-electron chi connectivity index (χ1n) is 15.6. The van der Waals surface area contributed by atoms with Gasteiger partial charge in [0.05, 0.1) is 12.0 Å². The van der Waals surface area contributed by atoms with E-state index in [2.05, 4.69) is 6.92 Å². The zero-order valence-electron chi connectivity index (χ0n) is 25.2. The highest BCUT2D eigenvalue weighted by Crippen LogP contribution is 2.47. The van der Waals surface area contributed by atoms with Gasteiger partial charge in [0.15, 0.2) is 6.10 Å². The fourth-order valence-corrected chi connectivity index (χ4v) is 6.46. The predicted molar refractivity (Wildman–Crippen MR) is 160 cm³/mol. The molecule has 0 aliphatic carbocycles. The Labute approximate surface area is 246 Å². The third-order valence-corrected chi connectivity index (χ3v) is 8.65. The molecule has 6 nitrogen and oxygen atoms in total. The minimum absolute atomic E-state index is 0.0628. The lowest BCUT2D eigenvalue weighted by Gasteiger charge is -2.25. The van der Waals surface area contributed by atoms with Crippen LogP contribution in [0.3, 0.4) is 0 Å². The summed E-state index contributed by atoms with van der Waals surface area (Å²) < 4.78 is 22.7. The Morgan fingerprint density at radius 2 is 1.49 bits per heavy atom. The maximum Gasteiger partial charge on any atom is 0.345 e. The summed E-state index contributed by atoms with van der Waals surface area (Å²) in [6, 6.07) is 17.2. The van der Waals surface area contributed by atoms with Crippen LogP contribution in [0.15, 0.2) is 54.6 Å². The Morgan fingerprint density at radius 1 is 0.878 bits per heavy atom. The smallest absolute Gasteiger partial charge is 0.345 e. The quantitative estimate of drug-likeness (QED) is 0.110. The molecule has 2 fully saturated rings. The summed E-state index contributed by atoms with van der Waals surface area (Å²) in [6.45, 7) is 4.21. The Hall–Kier alpha value is -2.70. The summed E-state index contributed by atoms with van der Waals surface area (Å²) in [5, 5.41) is 0. The zero-order valence-corrected chi connectivity index (χ0v) is 25.2.